The van der Waals surface area contributed by atoms with E-state index < -0.39 is 0 Å². The maximum Gasteiger partial charge on any atom is 0.229 e. The van der Waals surface area contributed by atoms with Crippen LogP contribution in [0.3, 0.4) is 0 Å². The number of imidazole rings is 1. The van der Waals surface area contributed by atoms with Crippen molar-refractivity contribution in [2.45, 2.75) is 12.8 Å². The van der Waals surface area contributed by atoms with Gasteiger partial charge in [-0.1, -0.05) is 23.7 Å². The number of para-hydroxylation sites is 2. The number of guanidine groups is 1. The lowest BCUT2D eigenvalue weighted by Gasteiger charge is -2.16. The first-order valence-corrected chi connectivity index (χ1v) is 9.26. The minimum absolute atomic E-state index is 0.712. The molecule has 134 valence electrons. The van der Waals surface area contributed by atoms with E-state index in [0.29, 0.717) is 5.02 Å². The molecule has 5 nitrogen and oxygen atoms in total. The summed E-state index contributed by atoms with van der Waals surface area (Å²) in [5, 5.41) is 0.712. The SMILES string of the molecule is Cn1c(=NC(=Nc2ccc(Cl)cc2)N2CCCC2)n(C)c2ccccc21. The van der Waals surface area contributed by atoms with Gasteiger partial charge in [0.15, 0.2) is 0 Å². The summed E-state index contributed by atoms with van der Waals surface area (Å²) in [4.78, 5) is 12.0. The maximum atomic E-state index is 6.00. The molecule has 2 aromatic carbocycles. The zero-order chi connectivity index (χ0) is 18.1. The van der Waals surface area contributed by atoms with Crippen molar-refractivity contribution >= 4 is 34.3 Å². The Hall–Kier alpha value is -2.53. The average molecular weight is 368 g/mol. The molecule has 2 heterocycles. The number of hydrogen-bond acceptors (Lipinski definition) is 1. The largest absolute Gasteiger partial charge is 0.341 e. The number of benzene rings is 2. The fourth-order valence-electron chi connectivity index (χ4n) is 3.43. The minimum Gasteiger partial charge on any atom is -0.341 e. The molecule has 0 saturated carbocycles. The smallest absolute Gasteiger partial charge is 0.229 e. The van der Waals surface area contributed by atoms with Crippen molar-refractivity contribution in [2.24, 2.45) is 24.1 Å². The molecule has 0 N–H and O–H groups in total. The van der Waals surface area contributed by atoms with E-state index in [1.165, 1.54) is 12.8 Å². The third-order valence-corrected chi connectivity index (χ3v) is 5.10. The highest BCUT2D eigenvalue weighted by atomic mass is 35.5. The molecular formula is C20H22ClN5. The molecule has 3 aromatic rings. The number of nitrogens with zero attached hydrogens (tertiary/aromatic N) is 5. The van der Waals surface area contributed by atoms with Crippen LogP contribution in [0.1, 0.15) is 12.8 Å². The Morgan fingerprint density at radius 1 is 0.885 bits per heavy atom. The van der Waals surface area contributed by atoms with Gasteiger partial charge < -0.3 is 14.0 Å². The minimum atomic E-state index is 0.712. The predicted octanol–water partition coefficient (Wildman–Crippen LogP) is 3.85. The first kappa shape index (κ1) is 16.9. The maximum absolute atomic E-state index is 6.00. The Labute approximate surface area is 157 Å². The van der Waals surface area contributed by atoms with Gasteiger partial charge in [0, 0.05) is 32.2 Å². The lowest BCUT2D eigenvalue weighted by Crippen LogP contribution is -2.31. The lowest BCUT2D eigenvalue weighted by atomic mass is 10.3. The van der Waals surface area contributed by atoms with Crippen molar-refractivity contribution in [3.05, 3.63) is 59.2 Å². The molecule has 1 fully saturated rings. The van der Waals surface area contributed by atoms with Crippen molar-refractivity contribution in [1.29, 1.82) is 0 Å². The van der Waals surface area contributed by atoms with Gasteiger partial charge in [-0.3, -0.25) is 0 Å². The molecule has 1 aliphatic rings. The zero-order valence-corrected chi connectivity index (χ0v) is 15.8. The second kappa shape index (κ2) is 7.00. The molecule has 0 atom stereocenters. The van der Waals surface area contributed by atoms with Gasteiger partial charge in [0.25, 0.3) is 0 Å². The molecule has 0 spiro atoms. The van der Waals surface area contributed by atoms with Crippen LogP contribution >= 0.6 is 11.6 Å². The van der Waals surface area contributed by atoms with Crippen LogP contribution in [0.25, 0.3) is 11.0 Å². The Bertz CT molecular complexity index is 979. The standard InChI is InChI=1S/C20H22ClN5/c1-24-17-7-3-4-8-18(17)25(2)20(24)23-19(26-13-5-6-14-26)22-16-11-9-15(21)10-12-16/h3-4,7-12H,5-6,13-14H2,1-2H3. The predicted molar refractivity (Wildman–Crippen MR) is 107 cm³/mol. The van der Waals surface area contributed by atoms with Crippen molar-refractivity contribution in [3.63, 3.8) is 0 Å². The highest BCUT2D eigenvalue weighted by molar-refractivity contribution is 6.30. The van der Waals surface area contributed by atoms with Crippen LogP contribution in [-0.4, -0.2) is 33.1 Å². The van der Waals surface area contributed by atoms with Gasteiger partial charge in [-0.05, 0) is 49.2 Å². The normalized spacial score (nSPS) is 15.0. The van der Waals surface area contributed by atoms with Crippen LogP contribution < -0.4 is 5.62 Å². The van der Waals surface area contributed by atoms with Gasteiger partial charge in [-0.2, -0.15) is 4.99 Å². The molecule has 1 aromatic heterocycles. The molecule has 4 rings (SSSR count). The van der Waals surface area contributed by atoms with Crippen LogP contribution in [-0.2, 0) is 14.1 Å². The van der Waals surface area contributed by atoms with Crippen molar-refractivity contribution in [3.8, 4) is 0 Å². The summed E-state index contributed by atoms with van der Waals surface area (Å²) in [5.41, 5.74) is 4.05. The van der Waals surface area contributed by atoms with Gasteiger partial charge >= 0.3 is 0 Å². The molecule has 0 radical (unpaired) electrons. The number of aliphatic imine (C=N–C) groups is 1. The van der Waals surface area contributed by atoms with Crippen LogP contribution in [0.2, 0.25) is 5.02 Å². The Balaban J connectivity index is 1.87. The molecule has 6 heteroatoms. The van der Waals surface area contributed by atoms with Gasteiger partial charge in [0.05, 0.1) is 16.7 Å². The van der Waals surface area contributed by atoms with E-state index in [4.69, 9.17) is 21.6 Å². The van der Waals surface area contributed by atoms with Crippen molar-refractivity contribution in [1.82, 2.24) is 14.0 Å². The summed E-state index contributed by atoms with van der Waals surface area (Å²) in [5.74, 6) is 0.756. The Morgan fingerprint density at radius 2 is 1.46 bits per heavy atom. The first-order valence-electron chi connectivity index (χ1n) is 8.88. The molecule has 1 saturated heterocycles. The molecule has 1 aliphatic heterocycles. The molecule has 0 bridgehead atoms. The van der Waals surface area contributed by atoms with Gasteiger partial charge in [0.2, 0.25) is 11.6 Å². The summed E-state index contributed by atoms with van der Waals surface area (Å²) in [6.45, 7) is 1.98. The Kier molecular flexibility index (Phi) is 4.55. The highest BCUT2D eigenvalue weighted by Crippen LogP contribution is 2.19. The van der Waals surface area contributed by atoms with Crippen LogP contribution in [0.5, 0.6) is 0 Å². The number of aryl methyl sites for hydroxylation is 2. The van der Waals surface area contributed by atoms with Gasteiger partial charge in [-0.15, -0.1) is 0 Å². The second-order valence-electron chi connectivity index (χ2n) is 6.60. The zero-order valence-electron chi connectivity index (χ0n) is 15.1. The second-order valence-corrected chi connectivity index (χ2v) is 7.04. The number of halogens is 1. The Morgan fingerprint density at radius 3 is 2.04 bits per heavy atom. The molecule has 26 heavy (non-hydrogen) atoms. The summed E-state index contributed by atoms with van der Waals surface area (Å²) in [6.07, 6.45) is 2.35. The van der Waals surface area contributed by atoms with Crippen LogP contribution in [0.15, 0.2) is 58.5 Å². The fourth-order valence-corrected chi connectivity index (χ4v) is 3.55. The highest BCUT2D eigenvalue weighted by Gasteiger charge is 2.17. The molecule has 0 amide bonds. The number of hydrogen-bond donors (Lipinski definition) is 0. The molecular weight excluding hydrogens is 346 g/mol. The van der Waals surface area contributed by atoms with E-state index in [-0.39, 0.29) is 0 Å². The number of aromatic nitrogens is 2. The van der Waals surface area contributed by atoms with E-state index in [9.17, 15) is 0 Å². The monoisotopic (exact) mass is 367 g/mol. The average Bonchev–Trinajstić information content (AvgIpc) is 3.27. The van der Waals surface area contributed by atoms with E-state index >= 15 is 0 Å². The van der Waals surface area contributed by atoms with Crippen molar-refractivity contribution in [2.75, 3.05) is 13.1 Å². The quantitative estimate of drug-likeness (QED) is 0.475. The number of fused-ring (bicyclic) bond motifs is 1. The van der Waals surface area contributed by atoms with Gasteiger partial charge in [0.1, 0.15) is 0 Å². The first-order chi connectivity index (χ1) is 12.6. The number of likely N-dealkylation sites (tertiary alicyclic amines) is 1. The summed E-state index contributed by atoms with van der Waals surface area (Å²) in [7, 11) is 4.09. The summed E-state index contributed by atoms with van der Waals surface area (Å²) < 4.78 is 4.23. The molecule has 0 aliphatic carbocycles. The van der Waals surface area contributed by atoms with E-state index in [1.807, 2.05) is 38.4 Å². The third kappa shape index (κ3) is 3.15. The van der Waals surface area contributed by atoms with E-state index in [0.717, 1.165) is 41.4 Å². The number of rotatable bonds is 1. The lowest BCUT2D eigenvalue weighted by molar-refractivity contribution is 0.510. The van der Waals surface area contributed by atoms with Crippen molar-refractivity contribution < 1.29 is 0 Å². The fraction of sp³-hybridized carbons (Fsp3) is 0.300. The summed E-state index contributed by atoms with van der Waals surface area (Å²) in [6, 6.07) is 15.9. The van der Waals surface area contributed by atoms with Gasteiger partial charge in [-0.25, -0.2) is 4.99 Å². The van der Waals surface area contributed by atoms with E-state index in [1.54, 1.807) is 0 Å². The molecule has 0 unspecified atom stereocenters. The van der Waals surface area contributed by atoms with Crippen LogP contribution in [0, 0.1) is 0 Å². The third-order valence-electron chi connectivity index (χ3n) is 4.85. The van der Waals surface area contributed by atoms with E-state index in [2.05, 4.69) is 38.3 Å². The topological polar surface area (TPSA) is 37.8 Å². The summed E-state index contributed by atoms with van der Waals surface area (Å²) >= 11 is 6.00. The van der Waals surface area contributed by atoms with Crippen LogP contribution in [0.4, 0.5) is 5.69 Å².